The van der Waals surface area contributed by atoms with E-state index in [2.05, 4.69) is 11.8 Å². The van der Waals surface area contributed by atoms with Crippen molar-refractivity contribution in [2.45, 2.75) is 19.0 Å². The van der Waals surface area contributed by atoms with Crippen molar-refractivity contribution in [2.75, 3.05) is 5.73 Å². The van der Waals surface area contributed by atoms with Crippen molar-refractivity contribution in [3.8, 4) is 11.8 Å². The highest BCUT2D eigenvalue weighted by atomic mass is 19.4. The third-order valence-corrected chi connectivity index (χ3v) is 2.07. The van der Waals surface area contributed by atoms with E-state index in [9.17, 15) is 18.0 Å². The Bertz CT molecular complexity index is 512. The Morgan fingerprint density at radius 2 is 2.06 bits per heavy atom. The maximum Gasteiger partial charge on any atom is 0.416 e. The molecule has 3 N–H and O–H groups in total. The number of halogens is 3. The standard InChI is InChI=1S/C12H10F3NO2/c13-12(14,15)9-6-5-8(10(16)7-9)3-1-2-4-11(17)18/h5-7H,2,4,16H2,(H,17,18). The molecule has 0 unspecified atom stereocenters. The van der Waals surface area contributed by atoms with Gasteiger partial charge in [-0.25, -0.2) is 0 Å². The summed E-state index contributed by atoms with van der Waals surface area (Å²) in [5.74, 6) is 4.10. The highest BCUT2D eigenvalue weighted by Crippen LogP contribution is 2.31. The van der Waals surface area contributed by atoms with E-state index in [1.807, 2.05) is 0 Å². The molecule has 96 valence electrons. The topological polar surface area (TPSA) is 63.3 Å². The number of anilines is 1. The Balaban J connectivity index is 2.83. The number of hydrogen-bond acceptors (Lipinski definition) is 2. The highest BCUT2D eigenvalue weighted by molar-refractivity contribution is 5.67. The van der Waals surface area contributed by atoms with Gasteiger partial charge in [-0.05, 0) is 18.2 Å². The van der Waals surface area contributed by atoms with Gasteiger partial charge in [0, 0.05) is 17.7 Å². The Kier molecular flexibility index (Phi) is 4.21. The summed E-state index contributed by atoms with van der Waals surface area (Å²) >= 11 is 0. The zero-order valence-corrected chi connectivity index (χ0v) is 9.21. The maximum atomic E-state index is 12.3. The number of nitrogen functional groups attached to an aromatic ring is 1. The smallest absolute Gasteiger partial charge is 0.416 e. The Morgan fingerprint density at radius 1 is 1.39 bits per heavy atom. The number of rotatable bonds is 2. The molecular formula is C12H10F3NO2. The summed E-state index contributed by atoms with van der Waals surface area (Å²) in [4.78, 5) is 10.2. The van der Waals surface area contributed by atoms with E-state index in [1.165, 1.54) is 6.07 Å². The van der Waals surface area contributed by atoms with Crippen LogP contribution in [0, 0.1) is 11.8 Å². The molecule has 0 bridgehead atoms. The number of benzene rings is 1. The molecular weight excluding hydrogens is 247 g/mol. The predicted molar refractivity (Wildman–Crippen MR) is 59.6 cm³/mol. The van der Waals surface area contributed by atoms with Crippen molar-refractivity contribution in [3.05, 3.63) is 29.3 Å². The molecule has 0 aliphatic rings. The van der Waals surface area contributed by atoms with Crippen LogP contribution in [0.2, 0.25) is 0 Å². The Hall–Kier alpha value is -2.16. The van der Waals surface area contributed by atoms with E-state index in [0.29, 0.717) is 0 Å². The summed E-state index contributed by atoms with van der Waals surface area (Å²) in [7, 11) is 0. The summed E-state index contributed by atoms with van der Waals surface area (Å²) in [5.41, 5.74) is 4.79. The third-order valence-electron chi connectivity index (χ3n) is 2.07. The second-order valence-corrected chi connectivity index (χ2v) is 3.50. The average molecular weight is 257 g/mol. The number of carboxylic acid groups (broad SMARTS) is 1. The van der Waals surface area contributed by atoms with E-state index < -0.39 is 17.7 Å². The summed E-state index contributed by atoms with van der Waals surface area (Å²) in [6.07, 6.45) is -4.44. The molecule has 0 fully saturated rings. The zero-order chi connectivity index (χ0) is 13.8. The van der Waals surface area contributed by atoms with Crippen LogP contribution >= 0.6 is 0 Å². The van der Waals surface area contributed by atoms with E-state index in [4.69, 9.17) is 10.8 Å². The lowest BCUT2D eigenvalue weighted by Crippen LogP contribution is -2.06. The number of nitrogens with two attached hydrogens (primary N) is 1. The van der Waals surface area contributed by atoms with E-state index in [-0.39, 0.29) is 24.1 Å². The van der Waals surface area contributed by atoms with Gasteiger partial charge in [-0.3, -0.25) is 4.79 Å². The van der Waals surface area contributed by atoms with Crippen LogP contribution in [0.1, 0.15) is 24.0 Å². The highest BCUT2D eigenvalue weighted by Gasteiger charge is 2.30. The van der Waals surface area contributed by atoms with Crippen LogP contribution in [-0.4, -0.2) is 11.1 Å². The van der Waals surface area contributed by atoms with Gasteiger partial charge in [0.2, 0.25) is 0 Å². The van der Waals surface area contributed by atoms with Gasteiger partial charge in [0.15, 0.2) is 0 Å². The van der Waals surface area contributed by atoms with Crippen molar-refractivity contribution in [3.63, 3.8) is 0 Å². The first-order valence-corrected chi connectivity index (χ1v) is 4.98. The van der Waals surface area contributed by atoms with E-state index in [0.717, 1.165) is 12.1 Å². The molecule has 0 aromatic heterocycles. The van der Waals surface area contributed by atoms with Crippen LogP contribution in [-0.2, 0) is 11.0 Å². The van der Waals surface area contributed by atoms with Crippen molar-refractivity contribution in [2.24, 2.45) is 0 Å². The van der Waals surface area contributed by atoms with E-state index in [1.54, 1.807) is 0 Å². The predicted octanol–water partition coefficient (Wildman–Crippen LogP) is 2.50. The number of hydrogen-bond donors (Lipinski definition) is 2. The number of carbonyl (C=O) groups is 1. The molecule has 0 atom stereocenters. The molecule has 1 aromatic rings. The van der Waals surface area contributed by atoms with Crippen LogP contribution in [0.15, 0.2) is 18.2 Å². The summed E-state index contributed by atoms with van der Waals surface area (Å²) in [6.45, 7) is 0. The average Bonchev–Trinajstić information content (AvgIpc) is 2.24. The molecule has 1 rings (SSSR count). The quantitative estimate of drug-likeness (QED) is 0.632. The van der Waals surface area contributed by atoms with Crippen LogP contribution in [0.4, 0.5) is 18.9 Å². The normalized spacial score (nSPS) is 10.6. The van der Waals surface area contributed by atoms with Crippen LogP contribution < -0.4 is 5.73 Å². The van der Waals surface area contributed by atoms with Gasteiger partial charge in [-0.15, -0.1) is 0 Å². The number of carboxylic acids is 1. The van der Waals surface area contributed by atoms with Gasteiger partial charge in [-0.1, -0.05) is 11.8 Å². The maximum absolute atomic E-state index is 12.3. The SMILES string of the molecule is Nc1cc(C(F)(F)F)ccc1C#CCCC(=O)O. The fourth-order valence-electron chi connectivity index (χ4n) is 1.18. The monoisotopic (exact) mass is 257 g/mol. The number of alkyl halides is 3. The third kappa shape index (κ3) is 4.01. The molecule has 6 heteroatoms. The van der Waals surface area contributed by atoms with Gasteiger partial charge in [0.05, 0.1) is 12.0 Å². The van der Waals surface area contributed by atoms with Gasteiger partial charge < -0.3 is 10.8 Å². The van der Waals surface area contributed by atoms with Crippen LogP contribution in [0.25, 0.3) is 0 Å². The zero-order valence-electron chi connectivity index (χ0n) is 9.21. The first-order chi connectivity index (χ1) is 8.30. The minimum absolute atomic E-state index is 0.0762. The molecule has 3 nitrogen and oxygen atoms in total. The van der Waals surface area contributed by atoms with Gasteiger partial charge in [-0.2, -0.15) is 13.2 Å². The first kappa shape index (κ1) is 13.9. The summed E-state index contributed by atoms with van der Waals surface area (Å²) < 4.78 is 37.0. The lowest BCUT2D eigenvalue weighted by molar-refractivity contribution is -0.138. The Morgan fingerprint density at radius 3 is 2.56 bits per heavy atom. The van der Waals surface area contributed by atoms with Crippen LogP contribution in [0.3, 0.4) is 0 Å². The molecule has 1 aromatic carbocycles. The van der Waals surface area contributed by atoms with Crippen LogP contribution in [0.5, 0.6) is 0 Å². The first-order valence-electron chi connectivity index (χ1n) is 4.98. The van der Waals surface area contributed by atoms with Gasteiger partial charge in [0.25, 0.3) is 0 Å². The lowest BCUT2D eigenvalue weighted by atomic mass is 10.1. The summed E-state index contributed by atoms with van der Waals surface area (Å²) in [5, 5.41) is 8.37. The second-order valence-electron chi connectivity index (χ2n) is 3.50. The lowest BCUT2D eigenvalue weighted by Gasteiger charge is -2.07. The Labute approximate surface area is 101 Å². The molecule has 0 amide bonds. The molecule has 0 aliphatic heterocycles. The molecule has 0 saturated heterocycles. The van der Waals surface area contributed by atoms with Crippen molar-refractivity contribution >= 4 is 11.7 Å². The second kappa shape index (κ2) is 5.45. The fourth-order valence-corrected chi connectivity index (χ4v) is 1.18. The molecule has 0 spiro atoms. The van der Waals surface area contributed by atoms with Crippen molar-refractivity contribution < 1.29 is 23.1 Å². The van der Waals surface area contributed by atoms with E-state index >= 15 is 0 Å². The molecule has 0 saturated carbocycles. The van der Waals surface area contributed by atoms with Gasteiger partial charge in [0.1, 0.15) is 0 Å². The summed E-state index contributed by atoms with van der Waals surface area (Å²) in [6, 6.07) is 2.87. The molecule has 18 heavy (non-hydrogen) atoms. The number of aliphatic carboxylic acids is 1. The minimum Gasteiger partial charge on any atom is -0.481 e. The molecule has 0 heterocycles. The van der Waals surface area contributed by atoms with Crippen molar-refractivity contribution in [1.82, 2.24) is 0 Å². The fraction of sp³-hybridized carbons (Fsp3) is 0.250. The largest absolute Gasteiger partial charge is 0.481 e. The van der Waals surface area contributed by atoms with Crippen molar-refractivity contribution in [1.29, 1.82) is 0 Å². The molecule has 0 radical (unpaired) electrons. The minimum atomic E-state index is -4.44. The molecule has 0 aliphatic carbocycles. The van der Waals surface area contributed by atoms with Gasteiger partial charge >= 0.3 is 12.1 Å².